The lowest BCUT2D eigenvalue weighted by Gasteiger charge is -2.17. The molecule has 6 rings (SSSR count). The molecule has 0 saturated carbocycles. The minimum Gasteiger partial charge on any atom is -0.497 e. The smallest absolute Gasteiger partial charge is 0.497 e. The molecule has 0 aliphatic carbocycles. The normalized spacial score (nSPS) is 14.0. The standard InChI is InChI=1S/C31H24ClN3O10/c1-15-25(30(37)42-3)27-26-17(13-32)14-34(29(36)24-11-16-10-20(41-2)8-9-22(16)44-24)21(26)12-23(28(27)33-15)45-31(38)43-19-6-4-18(5-7-19)35(39)40/h4-12,17,33H,13-14H2,1-3H3/t17-/m1/s1. The van der Waals surface area contributed by atoms with Crippen LogP contribution in [-0.4, -0.2) is 54.6 Å². The highest BCUT2D eigenvalue weighted by Crippen LogP contribution is 2.48. The Hall–Kier alpha value is -5.56. The number of nitrogens with zero attached hydrogens (tertiary/aromatic N) is 2. The van der Waals surface area contributed by atoms with Gasteiger partial charge in [-0.15, -0.1) is 11.6 Å². The molecule has 5 aromatic rings. The Morgan fingerprint density at radius 2 is 1.80 bits per heavy atom. The number of halogens is 1. The molecule has 3 heterocycles. The Balaban J connectivity index is 1.44. The van der Waals surface area contributed by atoms with Crippen molar-refractivity contribution in [1.82, 2.24) is 4.98 Å². The van der Waals surface area contributed by atoms with Gasteiger partial charge in [0.25, 0.3) is 11.6 Å². The van der Waals surface area contributed by atoms with Gasteiger partial charge in [-0.05, 0) is 48.9 Å². The molecule has 2 aromatic heterocycles. The van der Waals surface area contributed by atoms with Gasteiger partial charge in [-0.2, -0.15) is 0 Å². The Morgan fingerprint density at radius 3 is 2.47 bits per heavy atom. The van der Waals surface area contributed by atoms with E-state index in [1.165, 1.54) is 49.5 Å². The molecule has 1 amide bonds. The second kappa shape index (κ2) is 11.5. The second-order valence-corrected chi connectivity index (χ2v) is 10.5. The van der Waals surface area contributed by atoms with E-state index >= 15 is 0 Å². The summed E-state index contributed by atoms with van der Waals surface area (Å²) in [4.78, 5) is 54.8. The van der Waals surface area contributed by atoms with Gasteiger partial charge in [-0.1, -0.05) is 0 Å². The number of furan rings is 1. The molecule has 1 atom stereocenters. The number of H-pyrrole nitrogens is 1. The maximum Gasteiger partial charge on any atom is 0.519 e. The molecule has 0 spiro atoms. The predicted octanol–water partition coefficient (Wildman–Crippen LogP) is 6.49. The number of esters is 1. The number of aromatic amines is 1. The maximum absolute atomic E-state index is 13.9. The molecule has 0 radical (unpaired) electrons. The second-order valence-electron chi connectivity index (χ2n) is 10.2. The lowest BCUT2D eigenvalue weighted by atomic mass is 9.95. The molecule has 45 heavy (non-hydrogen) atoms. The number of fused-ring (bicyclic) bond motifs is 4. The van der Waals surface area contributed by atoms with Crippen LogP contribution in [0.25, 0.3) is 21.9 Å². The van der Waals surface area contributed by atoms with Crippen molar-refractivity contribution < 1.29 is 42.7 Å². The van der Waals surface area contributed by atoms with E-state index in [1.54, 1.807) is 31.2 Å². The van der Waals surface area contributed by atoms with Gasteiger partial charge in [0.1, 0.15) is 17.1 Å². The largest absolute Gasteiger partial charge is 0.519 e. The van der Waals surface area contributed by atoms with Crippen LogP contribution in [0.3, 0.4) is 0 Å². The lowest BCUT2D eigenvalue weighted by molar-refractivity contribution is -0.384. The molecule has 0 unspecified atom stereocenters. The first-order valence-corrected chi connectivity index (χ1v) is 14.0. The fourth-order valence-electron chi connectivity index (χ4n) is 5.51. The first kappa shape index (κ1) is 29.5. The van der Waals surface area contributed by atoms with Gasteiger partial charge in [0, 0.05) is 53.0 Å². The molecule has 230 valence electrons. The molecular weight excluding hydrogens is 610 g/mol. The summed E-state index contributed by atoms with van der Waals surface area (Å²) >= 11 is 6.42. The number of hydrogen-bond donors (Lipinski definition) is 1. The summed E-state index contributed by atoms with van der Waals surface area (Å²) in [5.41, 5.74) is 2.14. The Labute approximate surface area is 259 Å². The number of benzene rings is 3. The van der Waals surface area contributed by atoms with Crippen molar-refractivity contribution in [3.8, 4) is 17.2 Å². The number of methoxy groups -OCH3 is 2. The summed E-state index contributed by atoms with van der Waals surface area (Å²) in [7, 11) is 2.78. The van der Waals surface area contributed by atoms with Gasteiger partial charge in [-0.25, -0.2) is 9.59 Å². The zero-order valence-corrected chi connectivity index (χ0v) is 24.8. The van der Waals surface area contributed by atoms with Crippen molar-refractivity contribution in [3.05, 3.63) is 87.3 Å². The van der Waals surface area contributed by atoms with E-state index < -0.39 is 28.9 Å². The van der Waals surface area contributed by atoms with Crippen LogP contribution >= 0.6 is 11.6 Å². The third-order valence-corrected chi connectivity index (χ3v) is 7.92. The van der Waals surface area contributed by atoms with Crippen LogP contribution < -0.4 is 19.1 Å². The number of nitro benzene ring substituents is 1. The summed E-state index contributed by atoms with van der Waals surface area (Å²) in [5, 5.41) is 12.0. The SMILES string of the molecule is COC(=O)c1c(C)[nH]c2c(OC(=O)Oc3ccc([N+](=O)[O-])cc3)cc3c(c12)[C@H](CCl)CN3C(=O)c1cc2cc(OC)ccc2o1. The van der Waals surface area contributed by atoms with Crippen molar-refractivity contribution in [2.45, 2.75) is 12.8 Å². The number of non-ortho nitro benzene ring substituents is 1. The van der Waals surface area contributed by atoms with E-state index in [4.69, 9.17) is 35.0 Å². The zero-order valence-electron chi connectivity index (χ0n) is 24.0. The van der Waals surface area contributed by atoms with Crippen molar-refractivity contribution in [2.24, 2.45) is 0 Å². The highest BCUT2D eigenvalue weighted by molar-refractivity contribution is 6.20. The topological polar surface area (TPSA) is 163 Å². The van der Waals surface area contributed by atoms with Gasteiger partial charge in [0.05, 0.1) is 35.9 Å². The third-order valence-electron chi connectivity index (χ3n) is 7.55. The minimum absolute atomic E-state index is 0.00134. The Bertz CT molecular complexity index is 2010. The highest BCUT2D eigenvalue weighted by atomic mass is 35.5. The average Bonchev–Trinajstić information content (AvgIpc) is 3.73. The summed E-state index contributed by atoms with van der Waals surface area (Å²) in [6.45, 7) is 1.81. The van der Waals surface area contributed by atoms with Crippen molar-refractivity contribution in [2.75, 3.05) is 31.5 Å². The van der Waals surface area contributed by atoms with Crippen LogP contribution in [0.4, 0.5) is 16.2 Å². The van der Waals surface area contributed by atoms with Gasteiger partial charge >= 0.3 is 12.1 Å². The summed E-state index contributed by atoms with van der Waals surface area (Å²) in [6.07, 6.45) is -1.16. The van der Waals surface area contributed by atoms with E-state index in [2.05, 4.69) is 4.98 Å². The Kier molecular flexibility index (Phi) is 7.54. The number of carbonyl (C=O) groups is 3. The molecular formula is C31H24ClN3O10. The molecule has 0 fully saturated rings. The summed E-state index contributed by atoms with van der Waals surface area (Å²) < 4.78 is 27.1. The number of ether oxygens (including phenoxy) is 4. The van der Waals surface area contributed by atoms with E-state index in [-0.39, 0.29) is 46.5 Å². The average molecular weight is 634 g/mol. The molecule has 0 saturated heterocycles. The summed E-state index contributed by atoms with van der Waals surface area (Å²) in [6, 6.07) is 13.1. The fourth-order valence-corrected chi connectivity index (χ4v) is 5.77. The summed E-state index contributed by atoms with van der Waals surface area (Å²) in [5.74, 6) is -0.816. The number of aryl methyl sites for hydroxylation is 1. The molecule has 0 bridgehead atoms. The van der Waals surface area contributed by atoms with Crippen LogP contribution in [0.5, 0.6) is 17.2 Å². The van der Waals surface area contributed by atoms with Gasteiger partial charge in [-0.3, -0.25) is 14.9 Å². The van der Waals surface area contributed by atoms with Gasteiger partial charge in [0.2, 0.25) is 0 Å². The van der Waals surface area contributed by atoms with Crippen LogP contribution in [-0.2, 0) is 4.74 Å². The van der Waals surface area contributed by atoms with E-state index in [0.29, 0.717) is 39.0 Å². The van der Waals surface area contributed by atoms with Crippen molar-refractivity contribution in [3.63, 3.8) is 0 Å². The fraction of sp³-hybridized carbons (Fsp3) is 0.194. The number of nitrogens with one attached hydrogen (secondary N) is 1. The van der Waals surface area contributed by atoms with E-state index in [9.17, 15) is 24.5 Å². The quantitative estimate of drug-likeness (QED) is 0.0689. The van der Waals surface area contributed by atoms with Gasteiger partial charge in [0.15, 0.2) is 11.5 Å². The van der Waals surface area contributed by atoms with Crippen LogP contribution in [0.2, 0.25) is 0 Å². The number of rotatable bonds is 7. The number of anilines is 1. The van der Waals surface area contributed by atoms with Crippen LogP contribution in [0.1, 0.15) is 38.1 Å². The zero-order chi connectivity index (χ0) is 32.0. The van der Waals surface area contributed by atoms with E-state index in [1.807, 2.05) is 0 Å². The van der Waals surface area contributed by atoms with E-state index in [0.717, 1.165) is 0 Å². The predicted molar refractivity (Wildman–Crippen MR) is 162 cm³/mol. The molecule has 1 aliphatic heterocycles. The molecule has 1 N–H and O–H groups in total. The number of hydrogen-bond acceptors (Lipinski definition) is 10. The van der Waals surface area contributed by atoms with Gasteiger partial charge < -0.3 is 33.2 Å². The molecule has 14 heteroatoms. The minimum atomic E-state index is -1.16. The molecule has 1 aliphatic rings. The maximum atomic E-state index is 13.9. The number of aromatic nitrogens is 1. The highest BCUT2D eigenvalue weighted by Gasteiger charge is 2.39. The monoisotopic (exact) mass is 633 g/mol. The number of carbonyl (C=O) groups excluding carboxylic acids is 3. The third kappa shape index (κ3) is 5.16. The lowest BCUT2D eigenvalue weighted by Crippen LogP contribution is -2.29. The molecule has 3 aromatic carbocycles. The molecule has 13 nitrogen and oxygen atoms in total. The van der Waals surface area contributed by atoms with Crippen molar-refractivity contribution >= 4 is 62.9 Å². The first-order chi connectivity index (χ1) is 21.6. The van der Waals surface area contributed by atoms with Crippen LogP contribution in [0, 0.1) is 17.0 Å². The number of amides is 1. The number of alkyl halides is 1. The van der Waals surface area contributed by atoms with Crippen LogP contribution in [0.15, 0.2) is 59.0 Å². The van der Waals surface area contributed by atoms with Crippen molar-refractivity contribution in [1.29, 1.82) is 0 Å². The first-order valence-electron chi connectivity index (χ1n) is 13.5. The number of nitro groups is 1. The Morgan fingerprint density at radius 1 is 1.07 bits per heavy atom.